The molecule has 0 aliphatic heterocycles. The molecule has 3 nitrogen and oxygen atoms in total. The topological polar surface area (TPSA) is 52.9 Å². The smallest absolute Gasteiger partial charge is 0.266 e. The number of amides is 1. The summed E-state index contributed by atoms with van der Waals surface area (Å²) in [6, 6.07) is 20.4. The van der Waals surface area contributed by atoms with E-state index in [4.69, 9.17) is 23.2 Å². The Hall–Kier alpha value is -2.80. The lowest BCUT2D eigenvalue weighted by atomic mass is 10.0. The normalized spacial score (nSPS) is 11.2. The van der Waals surface area contributed by atoms with Crippen LogP contribution in [0, 0.1) is 11.3 Å². The number of halogens is 2. The van der Waals surface area contributed by atoms with E-state index >= 15 is 0 Å². The van der Waals surface area contributed by atoms with Gasteiger partial charge >= 0.3 is 0 Å². The van der Waals surface area contributed by atoms with E-state index in [0.717, 1.165) is 16.3 Å². The van der Waals surface area contributed by atoms with Gasteiger partial charge in [0.25, 0.3) is 5.91 Å². The number of nitriles is 1. The Morgan fingerprint density at radius 3 is 2.52 bits per heavy atom. The zero-order valence-corrected chi connectivity index (χ0v) is 14.5. The van der Waals surface area contributed by atoms with Crippen LogP contribution in [0.15, 0.2) is 66.2 Å². The minimum absolute atomic E-state index is 0.0209. The Balaban J connectivity index is 1.96. The predicted molar refractivity (Wildman–Crippen MR) is 103 cm³/mol. The first-order chi connectivity index (χ1) is 12.1. The van der Waals surface area contributed by atoms with Crippen LogP contribution in [-0.4, -0.2) is 5.91 Å². The number of fused-ring (bicyclic) bond motifs is 1. The van der Waals surface area contributed by atoms with E-state index < -0.39 is 5.91 Å². The van der Waals surface area contributed by atoms with Gasteiger partial charge in [-0.25, -0.2) is 0 Å². The maximum Gasteiger partial charge on any atom is 0.266 e. The molecule has 0 aromatic heterocycles. The second-order valence-corrected chi connectivity index (χ2v) is 6.08. The highest BCUT2D eigenvalue weighted by Crippen LogP contribution is 2.30. The van der Waals surface area contributed by atoms with Crippen molar-refractivity contribution in [3.63, 3.8) is 0 Å². The van der Waals surface area contributed by atoms with Crippen molar-refractivity contribution in [1.82, 2.24) is 0 Å². The van der Waals surface area contributed by atoms with Crippen LogP contribution in [0.5, 0.6) is 0 Å². The molecule has 0 spiro atoms. The standard InChI is InChI=1S/C20H12Cl2N2O/c21-17-9-4-10-18(19(17)22)24-20(25)15(12-23)11-14-7-3-6-13-5-1-2-8-16(13)14/h1-11H,(H,24,25). The minimum Gasteiger partial charge on any atom is -0.320 e. The molecular weight excluding hydrogens is 355 g/mol. The highest BCUT2D eigenvalue weighted by molar-refractivity contribution is 6.44. The SMILES string of the molecule is N#CC(=Cc1cccc2ccccc12)C(=O)Nc1cccc(Cl)c1Cl. The molecule has 122 valence electrons. The van der Waals surface area contributed by atoms with E-state index in [1.807, 2.05) is 48.5 Å². The molecule has 0 aliphatic carbocycles. The van der Waals surface area contributed by atoms with Crippen molar-refractivity contribution in [2.75, 3.05) is 5.32 Å². The van der Waals surface area contributed by atoms with Gasteiger partial charge in [-0.05, 0) is 34.5 Å². The van der Waals surface area contributed by atoms with E-state index in [2.05, 4.69) is 5.32 Å². The summed E-state index contributed by atoms with van der Waals surface area (Å²) >= 11 is 12.0. The van der Waals surface area contributed by atoms with Gasteiger partial charge in [0.2, 0.25) is 0 Å². The molecule has 0 unspecified atom stereocenters. The molecule has 3 aromatic carbocycles. The molecule has 0 aliphatic rings. The van der Waals surface area contributed by atoms with Gasteiger partial charge in [0.15, 0.2) is 0 Å². The van der Waals surface area contributed by atoms with Gasteiger partial charge in [-0.2, -0.15) is 5.26 Å². The van der Waals surface area contributed by atoms with Gasteiger partial charge in [-0.15, -0.1) is 0 Å². The van der Waals surface area contributed by atoms with Crippen LogP contribution in [0.2, 0.25) is 10.0 Å². The molecule has 1 N–H and O–H groups in total. The van der Waals surface area contributed by atoms with Crippen molar-refractivity contribution < 1.29 is 4.79 Å². The second kappa shape index (κ2) is 7.40. The lowest BCUT2D eigenvalue weighted by molar-refractivity contribution is -0.112. The molecule has 3 rings (SSSR count). The number of nitrogens with zero attached hydrogens (tertiary/aromatic N) is 1. The first-order valence-electron chi connectivity index (χ1n) is 7.45. The Kier molecular flexibility index (Phi) is 5.04. The molecule has 1 amide bonds. The fourth-order valence-electron chi connectivity index (χ4n) is 2.47. The molecule has 5 heteroatoms. The van der Waals surface area contributed by atoms with Crippen molar-refractivity contribution in [2.24, 2.45) is 0 Å². The Morgan fingerprint density at radius 1 is 1.00 bits per heavy atom. The summed E-state index contributed by atoms with van der Waals surface area (Å²) in [6.45, 7) is 0. The van der Waals surface area contributed by atoms with Gasteiger partial charge in [-0.3, -0.25) is 4.79 Å². The van der Waals surface area contributed by atoms with E-state index in [-0.39, 0.29) is 10.6 Å². The fraction of sp³-hybridized carbons (Fsp3) is 0. The van der Waals surface area contributed by atoms with Crippen molar-refractivity contribution in [3.8, 4) is 6.07 Å². The van der Waals surface area contributed by atoms with Crippen molar-refractivity contribution in [1.29, 1.82) is 5.26 Å². The molecule has 0 fully saturated rings. The van der Waals surface area contributed by atoms with Crippen molar-refractivity contribution in [3.05, 3.63) is 81.8 Å². The predicted octanol–water partition coefficient (Wildman–Crippen LogP) is 5.69. The minimum atomic E-state index is -0.542. The van der Waals surface area contributed by atoms with Gasteiger partial charge in [0.05, 0.1) is 15.7 Å². The highest BCUT2D eigenvalue weighted by atomic mass is 35.5. The number of carbonyl (C=O) groups excluding carboxylic acids is 1. The van der Waals surface area contributed by atoms with E-state index in [9.17, 15) is 10.1 Å². The van der Waals surface area contributed by atoms with Crippen molar-refractivity contribution >= 4 is 51.6 Å². The lowest BCUT2D eigenvalue weighted by Crippen LogP contribution is -2.13. The monoisotopic (exact) mass is 366 g/mol. The zero-order valence-electron chi connectivity index (χ0n) is 13.0. The third-order valence-electron chi connectivity index (χ3n) is 3.69. The molecule has 0 bridgehead atoms. The summed E-state index contributed by atoms with van der Waals surface area (Å²) in [6.07, 6.45) is 1.57. The third-order valence-corrected chi connectivity index (χ3v) is 4.51. The number of hydrogen-bond donors (Lipinski definition) is 1. The van der Waals surface area contributed by atoms with Gasteiger partial charge in [0.1, 0.15) is 11.6 Å². The molecule has 0 atom stereocenters. The number of hydrogen-bond acceptors (Lipinski definition) is 2. The number of benzene rings is 3. The first kappa shape index (κ1) is 17.0. The number of rotatable bonds is 3. The van der Waals surface area contributed by atoms with Crippen LogP contribution < -0.4 is 5.32 Å². The summed E-state index contributed by atoms with van der Waals surface area (Å²) in [5.74, 6) is -0.542. The van der Waals surface area contributed by atoms with E-state index in [1.54, 1.807) is 24.3 Å². The van der Waals surface area contributed by atoms with Crippen LogP contribution >= 0.6 is 23.2 Å². The number of nitrogens with one attached hydrogen (secondary N) is 1. The van der Waals surface area contributed by atoms with Crippen LogP contribution in [0.1, 0.15) is 5.56 Å². The Morgan fingerprint density at radius 2 is 1.72 bits per heavy atom. The molecular formula is C20H12Cl2N2O. The van der Waals surface area contributed by atoms with Gasteiger partial charge < -0.3 is 5.32 Å². The average molecular weight is 367 g/mol. The molecule has 3 aromatic rings. The number of carbonyl (C=O) groups is 1. The summed E-state index contributed by atoms with van der Waals surface area (Å²) in [5, 5.41) is 14.6. The maximum absolute atomic E-state index is 12.4. The summed E-state index contributed by atoms with van der Waals surface area (Å²) in [4.78, 5) is 12.4. The van der Waals surface area contributed by atoms with E-state index in [1.165, 1.54) is 0 Å². The number of anilines is 1. The maximum atomic E-state index is 12.4. The quantitative estimate of drug-likeness (QED) is 0.477. The summed E-state index contributed by atoms with van der Waals surface area (Å²) < 4.78 is 0. The molecule has 25 heavy (non-hydrogen) atoms. The molecule has 0 radical (unpaired) electrons. The van der Waals surface area contributed by atoms with Crippen LogP contribution in [0.3, 0.4) is 0 Å². The molecule has 0 saturated heterocycles. The molecule has 0 heterocycles. The van der Waals surface area contributed by atoms with Crippen LogP contribution in [0.4, 0.5) is 5.69 Å². The van der Waals surface area contributed by atoms with Gasteiger partial charge in [0, 0.05) is 0 Å². The lowest BCUT2D eigenvalue weighted by Gasteiger charge is -2.08. The Bertz CT molecular complexity index is 1030. The molecule has 0 saturated carbocycles. The summed E-state index contributed by atoms with van der Waals surface area (Å²) in [5.41, 5.74) is 1.13. The summed E-state index contributed by atoms with van der Waals surface area (Å²) in [7, 11) is 0. The van der Waals surface area contributed by atoms with Gasteiger partial charge in [-0.1, -0.05) is 71.7 Å². The average Bonchev–Trinajstić information content (AvgIpc) is 2.63. The first-order valence-corrected chi connectivity index (χ1v) is 8.20. The third kappa shape index (κ3) is 3.66. The van der Waals surface area contributed by atoms with E-state index in [0.29, 0.717) is 10.7 Å². The van der Waals surface area contributed by atoms with Crippen molar-refractivity contribution in [2.45, 2.75) is 0 Å². The van der Waals surface area contributed by atoms with Crippen LogP contribution in [-0.2, 0) is 4.79 Å². The second-order valence-electron chi connectivity index (χ2n) is 5.29. The van der Waals surface area contributed by atoms with Crippen LogP contribution in [0.25, 0.3) is 16.8 Å². The largest absolute Gasteiger partial charge is 0.320 e. The zero-order chi connectivity index (χ0) is 17.8. The Labute approximate surface area is 155 Å². The fourth-order valence-corrected chi connectivity index (χ4v) is 2.82. The highest BCUT2D eigenvalue weighted by Gasteiger charge is 2.13.